The molecule has 0 bridgehead atoms. The molecule has 2 nitrogen and oxygen atoms in total. The van der Waals surface area contributed by atoms with Gasteiger partial charge in [-0.25, -0.2) is 0 Å². The van der Waals surface area contributed by atoms with Crippen molar-refractivity contribution in [1.29, 1.82) is 0 Å². The maximum atomic E-state index is 12.3. The lowest BCUT2D eigenvalue weighted by molar-refractivity contribution is -0.276. The summed E-state index contributed by atoms with van der Waals surface area (Å²) in [4.78, 5) is 10.3. The van der Waals surface area contributed by atoms with Crippen molar-refractivity contribution >= 4 is 6.29 Å². The van der Waals surface area contributed by atoms with Gasteiger partial charge in [-0.15, -0.1) is 13.2 Å². The van der Waals surface area contributed by atoms with Crippen LogP contribution in [0.4, 0.5) is 26.3 Å². The Morgan fingerprint density at radius 3 is 2.06 bits per heavy atom. The zero-order valence-electron chi connectivity index (χ0n) is 7.89. The highest BCUT2D eigenvalue weighted by Gasteiger charge is 2.39. The summed E-state index contributed by atoms with van der Waals surface area (Å²) in [5, 5.41) is 0. The van der Waals surface area contributed by atoms with E-state index in [-0.39, 0.29) is 11.8 Å². The van der Waals surface area contributed by atoms with Crippen LogP contribution in [0.25, 0.3) is 0 Å². The topological polar surface area (TPSA) is 26.3 Å². The van der Waals surface area contributed by atoms with Crippen LogP contribution in [0.5, 0.6) is 5.75 Å². The monoisotopic (exact) mass is 258 g/mol. The minimum atomic E-state index is -5.26. The van der Waals surface area contributed by atoms with Gasteiger partial charge in [-0.2, -0.15) is 13.2 Å². The van der Waals surface area contributed by atoms with Crippen LogP contribution in [0.1, 0.15) is 15.9 Å². The predicted octanol–water partition coefficient (Wildman–Crippen LogP) is 3.42. The summed E-state index contributed by atoms with van der Waals surface area (Å²) in [6, 6.07) is 1.48. The Hall–Kier alpha value is -1.73. The van der Waals surface area contributed by atoms with Crippen molar-refractivity contribution in [2.45, 2.75) is 12.5 Å². The van der Waals surface area contributed by atoms with Gasteiger partial charge in [-0.1, -0.05) is 6.07 Å². The summed E-state index contributed by atoms with van der Waals surface area (Å²) in [6.07, 6.45) is -10.1. The van der Waals surface area contributed by atoms with E-state index in [2.05, 4.69) is 4.74 Å². The molecule has 0 N–H and O–H groups in total. The third-order valence-electron chi connectivity index (χ3n) is 1.67. The molecule has 0 aromatic heterocycles. The average Bonchev–Trinajstić information content (AvgIpc) is 2.13. The lowest BCUT2D eigenvalue weighted by Gasteiger charge is -2.15. The van der Waals surface area contributed by atoms with E-state index in [1.54, 1.807) is 0 Å². The Morgan fingerprint density at radius 1 is 1.06 bits per heavy atom. The number of hydrogen-bond acceptors (Lipinski definition) is 2. The molecule has 0 amide bonds. The first-order chi connectivity index (χ1) is 7.63. The summed E-state index contributed by atoms with van der Waals surface area (Å²) in [5.74, 6) is -1.45. The fourth-order valence-corrected chi connectivity index (χ4v) is 1.06. The summed E-state index contributed by atoms with van der Waals surface area (Å²) in [7, 11) is 0. The first kappa shape index (κ1) is 13.3. The Bertz CT molecular complexity index is 420. The fourth-order valence-electron chi connectivity index (χ4n) is 1.06. The van der Waals surface area contributed by atoms with Crippen molar-refractivity contribution in [2.75, 3.05) is 0 Å². The number of ether oxygens (including phenoxy) is 1. The molecule has 0 aliphatic carbocycles. The highest BCUT2D eigenvalue weighted by Crippen LogP contribution is 2.38. The maximum Gasteiger partial charge on any atom is 0.573 e. The maximum absolute atomic E-state index is 12.3. The Labute approximate surface area is 90.8 Å². The molecule has 0 aliphatic heterocycles. The largest absolute Gasteiger partial charge is 0.573 e. The number of carbonyl (C=O) groups excluding carboxylic acids is 1. The predicted molar refractivity (Wildman–Crippen MR) is 43.5 cm³/mol. The molecule has 0 unspecified atom stereocenters. The van der Waals surface area contributed by atoms with Crippen LogP contribution in [0, 0.1) is 0 Å². The van der Waals surface area contributed by atoms with Gasteiger partial charge in [0.2, 0.25) is 0 Å². The Morgan fingerprint density at radius 2 is 1.65 bits per heavy atom. The van der Waals surface area contributed by atoms with Crippen LogP contribution < -0.4 is 4.74 Å². The van der Waals surface area contributed by atoms with Crippen LogP contribution in [-0.2, 0) is 6.18 Å². The van der Waals surface area contributed by atoms with Crippen LogP contribution in [0.15, 0.2) is 18.2 Å². The lowest BCUT2D eigenvalue weighted by Crippen LogP contribution is -2.20. The zero-order valence-corrected chi connectivity index (χ0v) is 7.89. The molecule has 0 saturated heterocycles. The van der Waals surface area contributed by atoms with Crippen molar-refractivity contribution < 1.29 is 35.9 Å². The smallest absolute Gasteiger partial charge is 0.405 e. The van der Waals surface area contributed by atoms with E-state index < -0.39 is 23.9 Å². The molecule has 94 valence electrons. The molecule has 8 heteroatoms. The molecular weight excluding hydrogens is 254 g/mol. The molecule has 0 radical (unpaired) electrons. The van der Waals surface area contributed by atoms with Gasteiger partial charge in [-0.05, 0) is 12.1 Å². The van der Waals surface area contributed by atoms with Crippen molar-refractivity contribution in [3.05, 3.63) is 29.3 Å². The number of alkyl halides is 6. The van der Waals surface area contributed by atoms with E-state index in [9.17, 15) is 31.1 Å². The molecule has 0 aliphatic rings. The van der Waals surface area contributed by atoms with Crippen LogP contribution in [-0.4, -0.2) is 12.6 Å². The van der Waals surface area contributed by atoms with E-state index >= 15 is 0 Å². The number of halogens is 6. The van der Waals surface area contributed by atoms with Gasteiger partial charge in [0.05, 0.1) is 5.56 Å². The van der Waals surface area contributed by atoms with Gasteiger partial charge in [0.1, 0.15) is 12.0 Å². The van der Waals surface area contributed by atoms with Gasteiger partial charge >= 0.3 is 12.5 Å². The SMILES string of the molecule is O=Cc1ccc(C(F)(F)F)c(OC(F)(F)F)c1. The Kier molecular flexibility index (Phi) is 3.35. The molecule has 1 aromatic carbocycles. The molecule has 1 rings (SSSR count). The van der Waals surface area contributed by atoms with Gasteiger partial charge in [-0.3, -0.25) is 4.79 Å². The Balaban J connectivity index is 3.26. The normalized spacial score (nSPS) is 12.4. The summed E-state index contributed by atoms with van der Waals surface area (Å²) in [5.41, 5.74) is -1.95. The zero-order chi connectivity index (χ0) is 13.3. The van der Waals surface area contributed by atoms with E-state index in [1.165, 1.54) is 0 Å². The molecule has 0 heterocycles. The fraction of sp³-hybridized carbons (Fsp3) is 0.222. The van der Waals surface area contributed by atoms with E-state index in [1.807, 2.05) is 0 Å². The molecular formula is C9H4F6O2. The number of aldehydes is 1. The first-order valence-electron chi connectivity index (χ1n) is 4.05. The van der Waals surface area contributed by atoms with Crippen LogP contribution in [0.3, 0.4) is 0 Å². The molecule has 17 heavy (non-hydrogen) atoms. The van der Waals surface area contributed by atoms with E-state index in [4.69, 9.17) is 0 Å². The highest BCUT2D eigenvalue weighted by molar-refractivity contribution is 5.76. The number of benzene rings is 1. The third-order valence-corrected chi connectivity index (χ3v) is 1.67. The van der Waals surface area contributed by atoms with Gasteiger partial charge in [0, 0.05) is 5.56 Å². The van der Waals surface area contributed by atoms with Crippen LogP contribution in [0.2, 0.25) is 0 Å². The van der Waals surface area contributed by atoms with Gasteiger partial charge in [0.25, 0.3) is 0 Å². The van der Waals surface area contributed by atoms with Gasteiger partial charge < -0.3 is 4.74 Å². The minimum Gasteiger partial charge on any atom is -0.405 e. The molecule has 0 spiro atoms. The highest BCUT2D eigenvalue weighted by atomic mass is 19.4. The molecule has 0 saturated carbocycles. The first-order valence-corrected chi connectivity index (χ1v) is 4.05. The molecule has 1 aromatic rings. The second kappa shape index (κ2) is 4.27. The number of carbonyl (C=O) groups is 1. The van der Waals surface area contributed by atoms with Crippen molar-refractivity contribution in [1.82, 2.24) is 0 Å². The van der Waals surface area contributed by atoms with Crippen molar-refractivity contribution in [3.8, 4) is 5.75 Å². The summed E-state index contributed by atoms with van der Waals surface area (Å²) in [6.45, 7) is 0. The second-order valence-electron chi connectivity index (χ2n) is 2.92. The summed E-state index contributed by atoms with van der Waals surface area (Å²) >= 11 is 0. The van der Waals surface area contributed by atoms with Crippen molar-refractivity contribution in [2.24, 2.45) is 0 Å². The average molecular weight is 258 g/mol. The van der Waals surface area contributed by atoms with E-state index in [0.29, 0.717) is 12.1 Å². The third kappa shape index (κ3) is 3.65. The standard InChI is InChI=1S/C9H4F6O2/c10-8(11,12)6-2-1-5(4-16)3-7(6)17-9(13,14)15/h1-4H. The van der Waals surface area contributed by atoms with E-state index in [0.717, 1.165) is 6.07 Å². The van der Waals surface area contributed by atoms with Crippen LogP contribution >= 0.6 is 0 Å². The quantitative estimate of drug-likeness (QED) is 0.600. The lowest BCUT2D eigenvalue weighted by atomic mass is 10.1. The minimum absolute atomic E-state index is 0.114. The molecule has 0 atom stereocenters. The van der Waals surface area contributed by atoms with Crippen molar-refractivity contribution in [3.63, 3.8) is 0 Å². The van der Waals surface area contributed by atoms with Gasteiger partial charge in [0.15, 0.2) is 0 Å². The second-order valence-corrected chi connectivity index (χ2v) is 2.92. The molecule has 0 fully saturated rings. The number of rotatable bonds is 2. The summed E-state index contributed by atoms with van der Waals surface area (Å²) < 4.78 is 75.8. The number of hydrogen-bond donors (Lipinski definition) is 0.